The van der Waals surface area contributed by atoms with E-state index in [2.05, 4.69) is 171 Å². The van der Waals surface area contributed by atoms with Crippen molar-refractivity contribution in [1.82, 2.24) is 14.5 Å². The summed E-state index contributed by atoms with van der Waals surface area (Å²) in [7, 11) is -2.05. The Balaban J connectivity index is 1.29. The fraction of sp³-hybridized carbons (Fsp3) is 0.111. The second-order valence-electron chi connectivity index (χ2n) is 14.6. The Kier molecular flexibility index (Phi) is 5.79. The zero-order chi connectivity index (χ0) is 33.1. The number of nitrogens with zero attached hydrogens (tertiary/aromatic N) is 3. The third-order valence-corrected chi connectivity index (χ3v) is 14.7. The Morgan fingerprint density at radius 3 is 2.04 bits per heavy atom. The maximum atomic E-state index is 5.51. The molecule has 0 saturated heterocycles. The Morgan fingerprint density at radius 1 is 0.551 bits per heavy atom. The van der Waals surface area contributed by atoms with Gasteiger partial charge in [0.25, 0.3) is 0 Å². The molecule has 0 saturated carbocycles. The molecule has 0 N–H and O–H groups in total. The van der Waals surface area contributed by atoms with E-state index in [0.717, 1.165) is 34.0 Å². The molecule has 0 amide bonds. The lowest BCUT2D eigenvalue weighted by Gasteiger charge is -2.22. The van der Waals surface area contributed by atoms with Crippen LogP contribution in [0.25, 0.3) is 72.5 Å². The molecule has 49 heavy (non-hydrogen) atoms. The van der Waals surface area contributed by atoms with Crippen LogP contribution in [0.15, 0.2) is 140 Å². The van der Waals surface area contributed by atoms with Crippen LogP contribution < -0.4 is 10.4 Å². The maximum absolute atomic E-state index is 5.51. The molecule has 0 unspecified atom stereocenters. The Hall–Kier alpha value is -5.58. The molecule has 0 bridgehead atoms. The summed E-state index contributed by atoms with van der Waals surface area (Å²) in [4.78, 5) is 11.0. The highest BCUT2D eigenvalue weighted by Crippen LogP contribution is 2.53. The predicted molar refractivity (Wildman–Crippen MR) is 207 cm³/mol. The smallest absolute Gasteiger partial charge is 0.162 e. The molecule has 10 rings (SSSR count). The van der Waals surface area contributed by atoms with Crippen molar-refractivity contribution in [3.63, 3.8) is 0 Å². The molecule has 2 aromatic heterocycles. The quantitative estimate of drug-likeness (QED) is 0.179. The van der Waals surface area contributed by atoms with E-state index in [9.17, 15) is 0 Å². The van der Waals surface area contributed by atoms with E-state index >= 15 is 0 Å². The number of hydrogen-bond donors (Lipinski definition) is 0. The van der Waals surface area contributed by atoms with Gasteiger partial charge in [-0.25, -0.2) is 9.97 Å². The molecule has 6 aromatic carbocycles. The van der Waals surface area contributed by atoms with Gasteiger partial charge in [-0.1, -0.05) is 142 Å². The average Bonchev–Trinajstić information content (AvgIpc) is 3.69. The second-order valence-corrected chi connectivity index (χ2v) is 18.9. The lowest BCUT2D eigenvalue weighted by molar-refractivity contribution is 0.661. The van der Waals surface area contributed by atoms with Crippen molar-refractivity contribution in [2.75, 3.05) is 0 Å². The minimum absolute atomic E-state index is 0.0687. The molecule has 3 heterocycles. The summed E-state index contributed by atoms with van der Waals surface area (Å²) in [6.45, 7) is 9.60. The van der Waals surface area contributed by atoms with Crippen LogP contribution in [0.5, 0.6) is 0 Å². The third kappa shape index (κ3) is 3.78. The number of para-hydroxylation sites is 2. The summed E-state index contributed by atoms with van der Waals surface area (Å²) in [6, 6.07) is 50.8. The molecule has 2 aliphatic rings. The van der Waals surface area contributed by atoms with Gasteiger partial charge in [0, 0.05) is 27.3 Å². The van der Waals surface area contributed by atoms with Gasteiger partial charge < -0.3 is 4.57 Å². The summed E-state index contributed by atoms with van der Waals surface area (Å²) in [5.74, 6) is 0.758. The van der Waals surface area contributed by atoms with Crippen LogP contribution in [0.3, 0.4) is 0 Å². The fourth-order valence-electron chi connectivity index (χ4n) is 8.91. The van der Waals surface area contributed by atoms with Gasteiger partial charge in [0.1, 0.15) is 8.07 Å². The highest BCUT2D eigenvalue weighted by molar-refractivity contribution is 7.04. The van der Waals surface area contributed by atoms with E-state index in [1.807, 2.05) is 0 Å². The zero-order valence-corrected chi connectivity index (χ0v) is 29.1. The lowest BCUT2D eigenvalue weighted by atomic mass is 9.82. The van der Waals surface area contributed by atoms with Crippen molar-refractivity contribution in [2.24, 2.45) is 0 Å². The molecule has 1 aliphatic heterocycles. The van der Waals surface area contributed by atoms with Crippen molar-refractivity contribution in [3.05, 3.63) is 151 Å². The van der Waals surface area contributed by atoms with Crippen LogP contribution in [-0.2, 0) is 5.41 Å². The molecule has 0 fully saturated rings. The average molecular weight is 646 g/mol. The number of aromatic nitrogens is 3. The normalized spacial score (nSPS) is 14.9. The summed E-state index contributed by atoms with van der Waals surface area (Å²) < 4.78 is 2.44. The van der Waals surface area contributed by atoms with E-state index in [1.165, 1.54) is 60.0 Å². The molecule has 0 atom stereocenters. The van der Waals surface area contributed by atoms with Crippen LogP contribution in [0.4, 0.5) is 0 Å². The molecular weight excluding hydrogens is 611 g/mol. The van der Waals surface area contributed by atoms with E-state index in [0.29, 0.717) is 0 Å². The van der Waals surface area contributed by atoms with E-state index < -0.39 is 8.07 Å². The van der Waals surface area contributed by atoms with Crippen LogP contribution in [0.1, 0.15) is 25.0 Å². The van der Waals surface area contributed by atoms with Crippen molar-refractivity contribution in [2.45, 2.75) is 32.4 Å². The molecule has 0 spiro atoms. The van der Waals surface area contributed by atoms with Gasteiger partial charge in [-0.2, -0.15) is 0 Å². The number of fused-ring (bicyclic) bond motifs is 10. The van der Waals surface area contributed by atoms with E-state index in [4.69, 9.17) is 9.97 Å². The van der Waals surface area contributed by atoms with Crippen molar-refractivity contribution in [3.8, 4) is 50.7 Å². The minimum atomic E-state index is -2.05. The van der Waals surface area contributed by atoms with Gasteiger partial charge >= 0.3 is 0 Å². The topological polar surface area (TPSA) is 30.7 Å². The van der Waals surface area contributed by atoms with Gasteiger partial charge in [-0.05, 0) is 62.5 Å². The van der Waals surface area contributed by atoms with E-state index in [1.54, 1.807) is 0 Å². The van der Waals surface area contributed by atoms with Crippen LogP contribution in [0, 0.1) is 0 Å². The molecular formula is C45H35N3Si. The molecule has 3 nitrogen and oxygen atoms in total. The zero-order valence-electron chi connectivity index (χ0n) is 28.1. The van der Waals surface area contributed by atoms with Gasteiger partial charge in [0.2, 0.25) is 0 Å². The first-order valence-electron chi connectivity index (χ1n) is 17.2. The SMILES string of the molecule is CC1(C)c2ccccc2-c2c1ccc1c2c2ccccc2n1-c1ccccc1-c1nc(-c2ccccc2)c2c(n1)-c1ccccc1[Si]2(C)C. The third-order valence-electron chi connectivity index (χ3n) is 11.2. The van der Waals surface area contributed by atoms with Gasteiger partial charge in [0.15, 0.2) is 5.82 Å². The number of hydrogen-bond acceptors (Lipinski definition) is 2. The van der Waals surface area contributed by atoms with Crippen molar-refractivity contribution >= 4 is 40.3 Å². The number of benzene rings is 6. The fourth-order valence-corrected chi connectivity index (χ4v) is 12.1. The summed E-state index contributed by atoms with van der Waals surface area (Å²) in [5.41, 5.74) is 14.4. The van der Waals surface area contributed by atoms with Crippen LogP contribution in [0.2, 0.25) is 13.1 Å². The monoisotopic (exact) mass is 645 g/mol. The Labute approximate surface area is 287 Å². The highest BCUT2D eigenvalue weighted by Gasteiger charge is 2.42. The molecule has 4 heteroatoms. The maximum Gasteiger partial charge on any atom is 0.162 e. The van der Waals surface area contributed by atoms with E-state index in [-0.39, 0.29) is 5.41 Å². The first-order valence-corrected chi connectivity index (χ1v) is 20.2. The van der Waals surface area contributed by atoms with Crippen LogP contribution in [-0.4, -0.2) is 22.6 Å². The molecule has 0 radical (unpaired) electrons. The van der Waals surface area contributed by atoms with Gasteiger partial charge in [-0.15, -0.1) is 0 Å². The van der Waals surface area contributed by atoms with Crippen molar-refractivity contribution in [1.29, 1.82) is 0 Å². The Morgan fingerprint density at radius 2 is 1.20 bits per heavy atom. The molecule has 234 valence electrons. The van der Waals surface area contributed by atoms with Crippen molar-refractivity contribution < 1.29 is 0 Å². The standard InChI is InChI=1S/C45H35N3Si/c1-45(2)33-22-12-8-18-29(33)39-34(45)26-27-37-40(39)30-19-9-13-23-35(30)48(37)36-24-14-10-20-31(36)44-46-41(28-16-6-5-7-17-28)43-42(47-44)32-21-11-15-25-38(32)49(43,3)4/h5-27H,1-4H3. The Bertz CT molecular complexity index is 2660. The summed E-state index contributed by atoms with van der Waals surface area (Å²) in [6.07, 6.45) is 0. The van der Waals surface area contributed by atoms with Gasteiger partial charge in [-0.3, -0.25) is 0 Å². The van der Waals surface area contributed by atoms with Crippen LogP contribution >= 0.6 is 0 Å². The summed E-state index contributed by atoms with van der Waals surface area (Å²) in [5, 5.41) is 5.33. The first-order chi connectivity index (χ1) is 23.9. The minimum Gasteiger partial charge on any atom is -0.308 e. The summed E-state index contributed by atoms with van der Waals surface area (Å²) >= 11 is 0. The van der Waals surface area contributed by atoms with Gasteiger partial charge in [0.05, 0.1) is 28.1 Å². The highest BCUT2D eigenvalue weighted by atomic mass is 28.3. The molecule has 8 aromatic rings. The second kappa shape index (κ2) is 9.97. The molecule has 1 aliphatic carbocycles. The first kappa shape index (κ1) is 28.4. The lowest BCUT2D eigenvalue weighted by Crippen LogP contribution is -2.50. The predicted octanol–water partition coefficient (Wildman–Crippen LogP) is 10.0. The number of rotatable bonds is 3. The largest absolute Gasteiger partial charge is 0.308 e.